The summed E-state index contributed by atoms with van der Waals surface area (Å²) in [6.45, 7) is 8.52. The molecule has 2 N–H and O–H groups in total. The lowest BCUT2D eigenvalue weighted by atomic mass is 10.1. The quantitative estimate of drug-likeness (QED) is 0.105. The van der Waals surface area contributed by atoms with Crippen LogP contribution in [-0.2, 0) is 19.1 Å². The number of hydrogen-bond acceptors (Lipinski definition) is 7. The Morgan fingerprint density at radius 1 is 0.950 bits per heavy atom. The van der Waals surface area contributed by atoms with Crippen LogP contribution < -0.4 is 10.4 Å². The number of esters is 1. The number of ether oxygens (including phenoxy) is 1. The summed E-state index contributed by atoms with van der Waals surface area (Å²) in [5.74, 6) is 5.86. The molecule has 1 aliphatic rings. The molecule has 3 rings (SSSR count). The molecule has 0 spiro atoms. The maximum Gasteiger partial charge on any atom is 0.331 e. The maximum atomic E-state index is 12.6. The Morgan fingerprint density at radius 2 is 1.62 bits per heavy atom. The lowest BCUT2D eigenvalue weighted by Crippen LogP contribution is -2.48. The van der Waals surface area contributed by atoms with Crippen molar-refractivity contribution < 1.29 is 24.3 Å². The Bertz CT molecular complexity index is 1230. The second kappa shape index (κ2) is 15.2. The highest BCUT2D eigenvalue weighted by molar-refractivity contribution is 7.13. The molecule has 1 aromatic carbocycles. The second-order valence-electron chi connectivity index (χ2n) is 10.7. The first-order chi connectivity index (χ1) is 19.1. The highest BCUT2D eigenvalue weighted by Gasteiger charge is 2.21. The monoisotopic (exact) mass is 565 g/mol. The van der Waals surface area contributed by atoms with E-state index < -0.39 is 5.60 Å². The normalized spacial score (nSPS) is 13.6. The van der Waals surface area contributed by atoms with Crippen molar-refractivity contribution in [2.24, 2.45) is 0 Å². The molecular weight excluding hydrogens is 526 g/mol. The smallest absolute Gasteiger partial charge is 0.331 e. The molecule has 1 aromatic heterocycles. The summed E-state index contributed by atoms with van der Waals surface area (Å²) in [5.41, 5.74) is 3.17. The number of nitrogens with one attached hydrogen (secondary N) is 1. The number of benzene rings is 1. The molecule has 40 heavy (non-hydrogen) atoms. The number of hydrogen-bond donors (Lipinski definition) is 2. The second-order valence-corrected chi connectivity index (χ2v) is 11.8. The zero-order chi connectivity index (χ0) is 29.0. The Hall–Kier alpha value is -3.61. The third-order valence-corrected chi connectivity index (χ3v) is 7.25. The van der Waals surface area contributed by atoms with Crippen LogP contribution in [0.15, 0.2) is 42.5 Å². The summed E-state index contributed by atoms with van der Waals surface area (Å²) < 4.78 is 5.29. The van der Waals surface area contributed by atoms with Crippen molar-refractivity contribution in [3.63, 3.8) is 0 Å². The number of carbonyl (C=O) groups excluding carboxylic acids is 3. The van der Waals surface area contributed by atoms with E-state index in [0.717, 1.165) is 53.4 Å². The summed E-state index contributed by atoms with van der Waals surface area (Å²) in [6, 6.07) is 12.1. The molecule has 0 aliphatic carbocycles. The Labute approximate surface area is 241 Å². The van der Waals surface area contributed by atoms with Crippen LogP contribution in [0.1, 0.15) is 74.6 Å². The van der Waals surface area contributed by atoms with Gasteiger partial charge in [-0.1, -0.05) is 24.7 Å². The fraction of sp³-hybridized carbons (Fsp3) is 0.452. The van der Waals surface area contributed by atoms with E-state index in [9.17, 15) is 14.4 Å². The topological polar surface area (TPSA) is 99.2 Å². The number of hydroxylamine groups is 1. The molecule has 0 saturated carbocycles. The van der Waals surface area contributed by atoms with Gasteiger partial charge in [0.15, 0.2) is 0 Å². The first-order valence-electron chi connectivity index (χ1n) is 13.7. The Balaban J connectivity index is 1.40. The third kappa shape index (κ3) is 10.9. The van der Waals surface area contributed by atoms with E-state index in [0.29, 0.717) is 32.4 Å². The van der Waals surface area contributed by atoms with Crippen molar-refractivity contribution in [1.82, 2.24) is 10.4 Å². The van der Waals surface area contributed by atoms with Crippen molar-refractivity contribution in [3.8, 4) is 11.8 Å². The molecule has 2 amide bonds. The number of anilines is 1. The molecule has 0 bridgehead atoms. The zero-order valence-electron chi connectivity index (χ0n) is 23.6. The molecule has 8 nitrogen and oxygen atoms in total. The van der Waals surface area contributed by atoms with Crippen LogP contribution in [0.4, 0.5) is 5.69 Å². The fourth-order valence-electron chi connectivity index (χ4n) is 4.23. The largest absolute Gasteiger partial charge is 0.457 e. The minimum Gasteiger partial charge on any atom is -0.457 e. The SMILES string of the molecule is CC(C)(C)OC(=O)/C=C/c1ccc(C#Cc2ccc(N3CCN(C(=O)CCCCCCC(=O)NO)CC3)cc2)s1. The predicted molar refractivity (Wildman–Crippen MR) is 158 cm³/mol. The number of nitrogens with zero attached hydrogens (tertiary/aromatic N) is 2. The van der Waals surface area contributed by atoms with Crippen LogP contribution in [0.2, 0.25) is 0 Å². The molecule has 0 unspecified atom stereocenters. The van der Waals surface area contributed by atoms with Gasteiger partial charge >= 0.3 is 5.97 Å². The van der Waals surface area contributed by atoms with Gasteiger partial charge in [0.05, 0.1) is 4.88 Å². The molecule has 214 valence electrons. The lowest BCUT2D eigenvalue weighted by molar-refractivity contribution is -0.148. The van der Waals surface area contributed by atoms with Crippen LogP contribution in [0.5, 0.6) is 0 Å². The number of amides is 2. The molecule has 1 fully saturated rings. The van der Waals surface area contributed by atoms with E-state index >= 15 is 0 Å². The number of rotatable bonds is 10. The predicted octanol–water partition coefficient (Wildman–Crippen LogP) is 5.00. The standard InChI is InChI=1S/C31H39N3O5S/c1-31(2,3)39-30(37)19-18-27-17-16-26(40-27)15-12-24-10-13-25(14-11-24)33-20-22-34(23-21-33)29(36)9-7-5-4-6-8-28(35)32-38/h10-11,13-14,16-19,38H,4-9,20-23H2,1-3H3,(H,32,35)/b19-18+. The Kier molecular flexibility index (Phi) is 11.8. The fourth-order valence-corrected chi connectivity index (χ4v) is 4.99. The molecule has 2 aromatic rings. The lowest BCUT2D eigenvalue weighted by Gasteiger charge is -2.36. The average molecular weight is 566 g/mol. The van der Waals surface area contributed by atoms with Gasteiger partial charge in [-0.05, 0) is 76.1 Å². The summed E-state index contributed by atoms with van der Waals surface area (Å²) in [5, 5.41) is 8.50. The maximum absolute atomic E-state index is 12.6. The Morgan fingerprint density at radius 3 is 2.27 bits per heavy atom. The van der Waals surface area contributed by atoms with Crippen molar-refractivity contribution in [2.45, 2.75) is 64.9 Å². The number of piperazine rings is 1. The highest BCUT2D eigenvalue weighted by atomic mass is 32.1. The molecule has 1 saturated heterocycles. The van der Waals surface area contributed by atoms with Gasteiger partial charge in [-0.25, -0.2) is 10.3 Å². The summed E-state index contributed by atoms with van der Waals surface area (Å²) in [7, 11) is 0. The van der Waals surface area contributed by atoms with Crippen molar-refractivity contribution in [1.29, 1.82) is 0 Å². The van der Waals surface area contributed by atoms with E-state index in [-0.39, 0.29) is 17.8 Å². The molecule has 0 atom stereocenters. The van der Waals surface area contributed by atoms with E-state index in [1.165, 1.54) is 17.4 Å². The van der Waals surface area contributed by atoms with Crippen molar-refractivity contribution >= 4 is 40.9 Å². The number of thiophene rings is 1. The molecule has 2 heterocycles. The van der Waals surface area contributed by atoms with Gasteiger partial charge in [-0.3, -0.25) is 14.8 Å². The average Bonchev–Trinajstić information content (AvgIpc) is 3.39. The molecule has 0 radical (unpaired) electrons. The first-order valence-corrected chi connectivity index (χ1v) is 14.5. The van der Waals surface area contributed by atoms with Crippen LogP contribution in [0.25, 0.3) is 6.08 Å². The van der Waals surface area contributed by atoms with Gasteiger partial charge in [0.2, 0.25) is 11.8 Å². The minimum atomic E-state index is -0.512. The van der Waals surface area contributed by atoms with E-state index in [2.05, 4.69) is 28.9 Å². The van der Waals surface area contributed by atoms with Gasteiger partial charge in [0, 0.05) is 61.2 Å². The number of carbonyl (C=O) groups is 3. The molecule has 1 aliphatic heterocycles. The van der Waals surface area contributed by atoms with Crippen molar-refractivity contribution in [3.05, 3.63) is 57.8 Å². The number of unbranched alkanes of at least 4 members (excludes halogenated alkanes) is 3. The minimum absolute atomic E-state index is 0.190. The van der Waals surface area contributed by atoms with Crippen molar-refractivity contribution in [2.75, 3.05) is 31.1 Å². The summed E-state index contributed by atoms with van der Waals surface area (Å²) >= 11 is 1.52. The molecule has 9 heteroatoms. The van der Waals surface area contributed by atoms with Crippen LogP contribution >= 0.6 is 11.3 Å². The van der Waals surface area contributed by atoms with Gasteiger partial charge < -0.3 is 14.5 Å². The van der Waals surface area contributed by atoms with Gasteiger partial charge in [0.1, 0.15) is 5.60 Å². The van der Waals surface area contributed by atoms with Gasteiger partial charge in [-0.15, -0.1) is 11.3 Å². The van der Waals surface area contributed by atoms with E-state index in [1.54, 1.807) is 11.6 Å². The van der Waals surface area contributed by atoms with Crippen LogP contribution in [0.3, 0.4) is 0 Å². The van der Waals surface area contributed by atoms with E-state index in [1.807, 2.05) is 49.9 Å². The van der Waals surface area contributed by atoms with Gasteiger partial charge in [-0.2, -0.15) is 0 Å². The van der Waals surface area contributed by atoms with Crippen LogP contribution in [0, 0.1) is 11.8 Å². The van der Waals surface area contributed by atoms with Crippen LogP contribution in [-0.4, -0.2) is 59.7 Å². The highest BCUT2D eigenvalue weighted by Crippen LogP contribution is 2.20. The van der Waals surface area contributed by atoms with Gasteiger partial charge in [0.25, 0.3) is 0 Å². The third-order valence-electron chi connectivity index (χ3n) is 6.28. The first kappa shape index (κ1) is 30.9. The zero-order valence-corrected chi connectivity index (χ0v) is 24.4. The summed E-state index contributed by atoms with van der Waals surface area (Å²) in [4.78, 5) is 41.5. The summed E-state index contributed by atoms with van der Waals surface area (Å²) in [6.07, 6.45) is 7.34. The van der Waals surface area contributed by atoms with E-state index in [4.69, 9.17) is 9.94 Å². The molecular formula is C31H39N3O5S.